The van der Waals surface area contributed by atoms with Crippen molar-refractivity contribution in [2.75, 3.05) is 0 Å². The molecule has 0 aliphatic heterocycles. The van der Waals surface area contributed by atoms with Gasteiger partial charge in [-0.15, -0.1) is 0 Å². The maximum absolute atomic E-state index is 6.56. The second kappa shape index (κ2) is 12.3. The average Bonchev–Trinajstić information content (AvgIpc) is 3.96. The van der Waals surface area contributed by atoms with Crippen LogP contribution in [-0.4, -0.2) is 19.5 Å². The quantitative estimate of drug-likeness (QED) is 0.176. The first-order valence-corrected chi connectivity index (χ1v) is 19.0. The van der Waals surface area contributed by atoms with Crippen LogP contribution in [0.3, 0.4) is 0 Å². The number of benzene rings is 8. The van der Waals surface area contributed by atoms with E-state index in [1.54, 1.807) is 0 Å². The molecule has 4 aromatic heterocycles. The Balaban J connectivity index is 1.17. The fraction of sp³-hybridized carbons (Fsp3) is 0. The highest BCUT2D eigenvalue weighted by atomic mass is 16.3. The second-order valence-electron chi connectivity index (χ2n) is 14.4. The first-order chi connectivity index (χ1) is 28.2. The maximum Gasteiger partial charge on any atom is 0.238 e. The highest BCUT2D eigenvalue weighted by Gasteiger charge is 2.23. The predicted molar refractivity (Wildman–Crippen MR) is 230 cm³/mol. The van der Waals surface area contributed by atoms with Gasteiger partial charge in [0, 0.05) is 38.1 Å². The molecule has 57 heavy (non-hydrogen) atoms. The molecule has 8 aromatic carbocycles. The van der Waals surface area contributed by atoms with Crippen molar-refractivity contribution in [1.29, 1.82) is 0 Å². The van der Waals surface area contributed by atoms with Crippen LogP contribution in [0.15, 0.2) is 191 Å². The summed E-state index contributed by atoms with van der Waals surface area (Å²) in [5.41, 5.74) is 11.3. The zero-order chi connectivity index (χ0) is 37.5. The van der Waals surface area contributed by atoms with Crippen LogP contribution in [0.1, 0.15) is 0 Å². The van der Waals surface area contributed by atoms with Gasteiger partial charge in [-0.05, 0) is 64.7 Å². The third kappa shape index (κ3) is 4.94. The Hall–Kier alpha value is -7.83. The van der Waals surface area contributed by atoms with Crippen LogP contribution < -0.4 is 0 Å². The molecule has 0 fully saturated rings. The molecule has 0 unspecified atom stereocenters. The molecular formula is C51H30N4O2. The lowest BCUT2D eigenvalue weighted by Crippen LogP contribution is -2.06. The predicted octanol–water partition coefficient (Wildman–Crippen LogP) is 13.4. The van der Waals surface area contributed by atoms with Crippen LogP contribution in [0, 0.1) is 0 Å². The minimum Gasteiger partial charge on any atom is -0.456 e. The normalized spacial score (nSPS) is 11.9. The Bertz CT molecular complexity index is 3510. The molecule has 0 amide bonds. The molecule has 6 nitrogen and oxygen atoms in total. The summed E-state index contributed by atoms with van der Waals surface area (Å²) >= 11 is 0. The van der Waals surface area contributed by atoms with Gasteiger partial charge in [-0.25, -0.2) is 4.98 Å². The Morgan fingerprint density at radius 2 is 0.912 bits per heavy atom. The first-order valence-electron chi connectivity index (χ1n) is 19.0. The molecule has 0 atom stereocenters. The number of rotatable bonds is 5. The lowest BCUT2D eigenvalue weighted by Gasteiger charge is -2.13. The molecule has 266 valence electrons. The van der Waals surface area contributed by atoms with Crippen molar-refractivity contribution in [2.24, 2.45) is 0 Å². The van der Waals surface area contributed by atoms with Crippen molar-refractivity contribution in [3.8, 4) is 51.0 Å². The van der Waals surface area contributed by atoms with Gasteiger partial charge in [0.05, 0.1) is 16.4 Å². The van der Waals surface area contributed by atoms with E-state index in [1.807, 2.05) is 36.4 Å². The molecule has 0 aliphatic carbocycles. The molecule has 6 heteroatoms. The van der Waals surface area contributed by atoms with Gasteiger partial charge in [0.25, 0.3) is 0 Å². The summed E-state index contributed by atoms with van der Waals surface area (Å²) in [5.74, 6) is 1.62. The van der Waals surface area contributed by atoms with E-state index >= 15 is 0 Å². The van der Waals surface area contributed by atoms with Gasteiger partial charge >= 0.3 is 0 Å². The number of furan rings is 2. The van der Waals surface area contributed by atoms with Crippen LogP contribution in [0.5, 0.6) is 0 Å². The van der Waals surface area contributed by atoms with E-state index in [1.165, 1.54) is 0 Å². The van der Waals surface area contributed by atoms with E-state index in [0.717, 1.165) is 99.1 Å². The summed E-state index contributed by atoms with van der Waals surface area (Å²) in [7, 11) is 0. The lowest BCUT2D eigenvalue weighted by atomic mass is 9.97. The number of fused-ring (bicyclic) bond motifs is 10. The fourth-order valence-electron chi connectivity index (χ4n) is 8.47. The fourth-order valence-corrected chi connectivity index (χ4v) is 8.47. The first kappa shape index (κ1) is 31.5. The Kier molecular flexibility index (Phi) is 6.83. The number of nitrogens with zero attached hydrogens (tertiary/aromatic N) is 4. The molecular weight excluding hydrogens is 701 g/mol. The van der Waals surface area contributed by atoms with Gasteiger partial charge in [-0.1, -0.05) is 140 Å². The number of hydrogen-bond donors (Lipinski definition) is 0. The van der Waals surface area contributed by atoms with E-state index < -0.39 is 0 Å². The van der Waals surface area contributed by atoms with Gasteiger partial charge in [-0.3, -0.25) is 4.57 Å². The van der Waals surface area contributed by atoms with E-state index in [4.69, 9.17) is 23.8 Å². The molecule has 0 saturated carbocycles. The minimum absolute atomic E-state index is 0.511. The maximum atomic E-state index is 6.56. The smallest absolute Gasteiger partial charge is 0.238 e. The molecule has 4 heterocycles. The van der Waals surface area contributed by atoms with E-state index in [-0.39, 0.29) is 0 Å². The number of aromatic nitrogens is 4. The van der Waals surface area contributed by atoms with Crippen molar-refractivity contribution in [3.63, 3.8) is 0 Å². The van der Waals surface area contributed by atoms with Crippen molar-refractivity contribution >= 4 is 65.7 Å². The zero-order valence-electron chi connectivity index (χ0n) is 30.4. The van der Waals surface area contributed by atoms with E-state index in [9.17, 15) is 0 Å². The number of para-hydroxylation sites is 3. The Morgan fingerprint density at radius 1 is 0.351 bits per heavy atom. The molecule has 0 N–H and O–H groups in total. The van der Waals surface area contributed by atoms with E-state index in [2.05, 4.69) is 150 Å². The van der Waals surface area contributed by atoms with Crippen molar-refractivity contribution in [3.05, 3.63) is 182 Å². The molecule has 0 saturated heterocycles. The standard InChI is InChI=1S/C51H30N4O2/c1-3-13-31(14-4-1)32-23-25-34(26-24-32)49-52-50(35-29-40(33-15-5-2-6-16-33)46-38-18-8-11-21-42(38)57-45(46)30-35)54-51(53-49)55-41-20-10-7-17-36(41)37-27-28-44-47(48(37)55)39-19-9-12-22-43(39)56-44/h1-30H. The molecule has 12 rings (SSSR count). The number of hydrogen-bond acceptors (Lipinski definition) is 5. The highest BCUT2D eigenvalue weighted by molar-refractivity contribution is 6.24. The second-order valence-corrected chi connectivity index (χ2v) is 14.4. The summed E-state index contributed by atoms with van der Waals surface area (Å²) in [6.07, 6.45) is 0. The monoisotopic (exact) mass is 730 g/mol. The summed E-state index contributed by atoms with van der Waals surface area (Å²) in [4.78, 5) is 15.9. The average molecular weight is 731 g/mol. The van der Waals surface area contributed by atoms with Crippen molar-refractivity contribution in [1.82, 2.24) is 19.5 Å². The lowest BCUT2D eigenvalue weighted by molar-refractivity contribution is 0.668. The summed E-state index contributed by atoms with van der Waals surface area (Å²) in [6, 6.07) is 62.6. The van der Waals surface area contributed by atoms with Crippen LogP contribution >= 0.6 is 0 Å². The van der Waals surface area contributed by atoms with Crippen LogP contribution in [-0.2, 0) is 0 Å². The van der Waals surface area contributed by atoms with Gasteiger partial charge in [-0.2, -0.15) is 9.97 Å². The van der Waals surface area contributed by atoms with Gasteiger partial charge in [0.15, 0.2) is 11.6 Å². The molecule has 12 aromatic rings. The largest absolute Gasteiger partial charge is 0.456 e. The third-order valence-electron chi connectivity index (χ3n) is 11.1. The Labute approximate surface area is 325 Å². The summed E-state index contributed by atoms with van der Waals surface area (Å²) in [5, 5.41) is 6.38. The summed E-state index contributed by atoms with van der Waals surface area (Å²) < 4.78 is 15.2. The van der Waals surface area contributed by atoms with Crippen LogP contribution in [0.4, 0.5) is 0 Å². The van der Waals surface area contributed by atoms with Crippen molar-refractivity contribution < 1.29 is 8.83 Å². The molecule has 0 aliphatic rings. The van der Waals surface area contributed by atoms with Crippen molar-refractivity contribution in [2.45, 2.75) is 0 Å². The Morgan fingerprint density at radius 3 is 1.65 bits per heavy atom. The molecule has 0 radical (unpaired) electrons. The van der Waals surface area contributed by atoms with Gasteiger partial charge in [0.2, 0.25) is 5.95 Å². The minimum atomic E-state index is 0.511. The highest BCUT2D eigenvalue weighted by Crippen LogP contribution is 2.42. The van der Waals surface area contributed by atoms with Crippen LogP contribution in [0.25, 0.3) is 117 Å². The topological polar surface area (TPSA) is 69.9 Å². The van der Waals surface area contributed by atoms with Gasteiger partial charge < -0.3 is 8.83 Å². The van der Waals surface area contributed by atoms with Crippen LogP contribution in [0.2, 0.25) is 0 Å². The molecule has 0 bridgehead atoms. The van der Waals surface area contributed by atoms with E-state index in [0.29, 0.717) is 17.6 Å². The van der Waals surface area contributed by atoms with Gasteiger partial charge in [0.1, 0.15) is 22.3 Å². The summed E-state index contributed by atoms with van der Waals surface area (Å²) in [6.45, 7) is 0. The SMILES string of the molecule is c1ccc(-c2ccc(-c3nc(-c4cc(-c5ccccc5)c5c(c4)oc4ccccc45)nc(-n4c5ccccc5c5ccc6oc7ccccc7c6c54)n3)cc2)cc1. The molecule has 0 spiro atoms. The zero-order valence-corrected chi connectivity index (χ0v) is 30.4. The third-order valence-corrected chi connectivity index (χ3v) is 11.1.